The molecule has 25 heavy (non-hydrogen) atoms. The van der Waals surface area contributed by atoms with E-state index in [0.717, 1.165) is 4.90 Å². The van der Waals surface area contributed by atoms with Crippen LogP contribution in [-0.4, -0.2) is 17.8 Å². The average Bonchev–Trinajstić information content (AvgIpc) is 2.80. The van der Waals surface area contributed by atoms with Gasteiger partial charge in [-0.15, -0.1) is 0 Å². The first-order valence-electron chi connectivity index (χ1n) is 7.01. The maximum atomic E-state index is 12.6. The van der Waals surface area contributed by atoms with Crippen LogP contribution >= 0.6 is 23.2 Å². The van der Waals surface area contributed by atoms with Crippen molar-refractivity contribution in [3.05, 3.63) is 69.8 Å². The molecule has 0 bridgehead atoms. The van der Waals surface area contributed by atoms with E-state index in [1.165, 1.54) is 42.5 Å². The van der Waals surface area contributed by atoms with Crippen molar-refractivity contribution < 1.29 is 19.5 Å². The Labute approximate surface area is 152 Å². The Kier molecular flexibility index (Phi) is 4.48. The minimum Gasteiger partial charge on any atom is -0.545 e. The smallest absolute Gasteiger partial charge is 0.283 e. The van der Waals surface area contributed by atoms with Gasteiger partial charge in [0.15, 0.2) is 0 Å². The fraction of sp³-hybridized carbons (Fsp3) is 0. The number of anilines is 2. The number of carboxylic acid groups (broad SMARTS) is 1. The van der Waals surface area contributed by atoms with Crippen molar-refractivity contribution in [2.45, 2.75) is 0 Å². The van der Waals surface area contributed by atoms with Crippen molar-refractivity contribution in [3.8, 4) is 0 Å². The Bertz CT molecular complexity index is 923. The highest BCUT2D eigenvalue weighted by Gasteiger charge is 2.39. The number of rotatable bonds is 4. The molecule has 0 saturated heterocycles. The number of hydrogen-bond donors (Lipinski definition) is 1. The summed E-state index contributed by atoms with van der Waals surface area (Å²) in [6, 6.07) is 11.9. The molecule has 0 aliphatic carbocycles. The van der Waals surface area contributed by atoms with E-state index in [2.05, 4.69) is 5.32 Å². The van der Waals surface area contributed by atoms with Crippen molar-refractivity contribution in [1.29, 1.82) is 0 Å². The summed E-state index contributed by atoms with van der Waals surface area (Å²) in [6.45, 7) is 0. The zero-order chi connectivity index (χ0) is 18.1. The van der Waals surface area contributed by atoms with Crippen LogP contribution in [0.1, 0.15) is 10.4 Å². The SMILES string of the molecule is O=C([O-])c1ccccc1NC1=C(Cl)C(=O)N(c2ccc(Cl)cc2)C1=O. The van der Waals surface area contributed by atoms with Gasteiger partial charge in [0.1, 0.15) is 10.7 Å². The van der Waals surface area contributed by atoms with Crippen LogP contribution in [0, 0.1) is 0 Å². The van der Waals surface area contributed by atoms with Crippen molar-refractivity contribution >= 4 is 52.4 Å². The topological polar surface area (TPSA) is 89.5 Å². The molecule has 6 nitrogen and oxygen atoms in total. The Morgan fingerprint density at radius 3 is 2.24 bits per heavy atom. The van der Waals surface area contributed by atoms with Gasteiger partial charge in [-0.25, -0.2) is 4.90 Å². The van der Waals surface area contributed by atoms with Gasteiger partial charge in [0.25, 0.3) is 11.8 Å². The molecule has 0 saturated carbocycles. The molecule has 0 fully saturated rings. The third-order valence-corrected chi connectivity index (χ3v) is 4.12. The number of amides is 2. The van der Waals surface area contributed by atoms with Gasteiger partial charge in [0.05, 0.1) is 11.7 Å². The number of carbonyl (C=O) groups is 3. The van der Waals surface area contributed by atoms with E-state index in [1.54, 1.807) is 6.07 Å². The first kappa shape index (κ1) is 17.0. The quantitative estimate of drug-likeness (QED) is 0.826. The molecule has 0 spiro atoms. The largest absolute Gasteiger partial charge is 0.545 e. The second-order valence-corrected chi connectivity index (χ2v) is 5.88. The summed E-state index contributed by atoms with van der Waals surface area (Å²) in [4.78, 5) is 37.0. The first-order chi connectivity index (χ1) is 11.9. The van der Waals surface area contributed by atoms with E-state index in [4.69, 9.17) is 23.2 Å². The predicted octanol–water partition coefficient (Wildman–Crippen LogP) is 2.14. The molecule has 126 valence electrons. The zero-order valence-electron chi connectivity index (χ0n) is 12.5. The molecule has 2 amide bonds. The van der Waals surface area contributed by atoms with E-state index in [-0.39, 0.29) is 22.0 Å². The second-order valence-electron chi connectivity index (χ2n) is 5.07. The van der Waals surface area contributed by atoms with Crippen molar-refractivity contribution in [2.75, 3.05) is 10.2 Å². The molecule has 1 aliphatic heterocycles. The monoisotopic (exact) mass is 375 g/mol. The highest BCUT2D eigenvalue weighted by Crippen LogP contribution is 2.31. The van der Waals surface area contributed by atoms with Crippen LogP contribution < -0.4 is 15.3 Å². The minimum atomic E-state index is -1.42. The molecule has 1 N–H and O–H groups in total. The molecule has 0 atom stereocenters. The highest BCUT2D eigenvalue weighted by molar-refractivity contribution is 6.53. The molecule has 1 heterocycles. The van der Waals surface area contributed by atoms with E-state index >= 15 is 0 Å². The lowest BCUT2D eigenvalue weighted by Crippen LogP contribution is -2.32. The predicted molar refractivity (Wildman–Crippen MR) is 91.2 cm³/mol. The summed E-state index contributed by atoms with van der Waals surface area (Å²) in [7, 11) is 0. The second kappa shape index (κ2) is 6.58. The van der Waals surface area contributed by atoms with Crippen LogP contribution in [0.15, 0.2) is 59.3 Å². The lowest BCUT2D eigenvalue weighted by molar-refractivity contribution is -0.254. The van der Waals surface area contributed by atoms with Crippen LogP contribution in [0.4, 0.5) is 11.4 Å². The molecule has 1 aliphatic rings. The van der Waals surface area contributed by atoms with E-state index in [9.17, 15) is 19.5 Å². The van der Waals surface area contributed by atoms with Crippen molar-refractivity contribution in [3.63, 3.8) is 0 Å². The number of imide groups is 1. The Balaban J connectivity index is 1.95. The maximum Gasteiger partial charge on any atom is 0.283 e. The van der Waals surface area contributed by atoms with Crippen LogP contribution in [0.25, 0.3) is 0 Å². The third kappa shape index (κ3) is 3.09. The normalized spacial score (nSPS) is 14.2. The number of nitrogens with one attached hydrogen (secondary N) is 1. The number of aromatic carboxylic acids is 1. The van der Waals surface area contributed by atoms with Gasteiger partial charge in [-0.1, -0.05) is 41.4 Å². The maximum absolute atomic E-state index is 12.6. The van der Waals surface area contributed by atoms with Crippen LogP contribution in [0.5, 0.6) is 0 Å². The number of para-hydroxylation sites is 1. The minimum absolute atomic E-state index is 0.0924. The number of benzene rings is 2. The Hall–Kier alpha value is -2.83. The molecular weight excluding hydrogens is 367 g/mol. The molecule has 0 radical (unpaired) electrons. The fourth-order valence-electron chi connectivity index (χ4n) is 2.34. The molecule has 0 aromatic heterocycles. The molecule has 8 heteroatoms. The van der Waals surface area contributed by atoms with Gasteiger partial charge in [-0.3, -0.25) is 9.59 Å². The number of carboxylic acids is 1. The van der Waals surface area contributed by atoms with E-state index in [1.807, 2.05) is 0 Å². The standard InChI is InChI=1S/C17H10Cl2N2O4/c18-9-5-7-10(8-6-9)21-15(22)13(19)14(16(21)23)20-12-4-2-1-3-11(12)17(24)25/h1-8,20H,(H,24,25)/p-1. The van der Waals surface area contributed by atoms with Gasteiger partial charge < -0.3 is 15.2 Å². The fourth-order valence-corrected chi connectivity index (χ4v) is 2.68. The molecule has 2 aromatic rings. The number of hydrogen-bond acceptors (Lipinski definition) is 5. The van der Waals surface area contributed by atoms with Gasteiger partial charge in [-0.2, -0.15) is 0 Å². The van der Waals surface area contributed by atoms with Crippen molar-refractivity contribution in [1.82, 2.24) is 0 Å². The summed E-state index contributed by atoms with van der Waals surface area (Å²) < 4.78 is 0. The van der Waals surface area contributed by atoms with Gasteiger partial charge in [0, 0.05) is 16.3 Å². The Morgan fingerprint density at radius 2 is 1.60 bits per heavy atom. The van der Waals surface area contributed by atoms with E-state index < -0.39 is 17.8 Å². The third-order valence-electron chi connectivity index (χ3n) is 3.52. The summed E-state index contributed by atoms with van der Waals surface area (Å²) in [5.41, 5.74) is 0.0114. The average molecular weight is 376 g/mol. The lowest BCUT2D eigenvalue weighted by atomic mass is 10.1. The zero-order valence-corrected chi connectivity index (χ0v) is 14.0. The van der Waals surface area contributed by atoms with Crippen LogP contribution in [0.2, 0.25) is 5.02 Å². The summed E-state index contributed by atoms with van der Waals surface area (Å²) in [5, 5.41) is 13.9. The molecule has 3 rings (SSSR count). The Morgan fingerprint density at radius 1 is 0.960 bits per heavy atom. The van der Waals surface area contributed by atoms with Gasteiger partial charge >= 0.3 is 0 Å². The lowest BCUT2D eigenvalue weighted by Gasteiger charge is -2.16. The van der Waals surface area contributed by atoms with E-state index in [0.29, 0.717) is 10.7 Å². The van der Waals surface area contributed by atoms with Gasteiger partial charge in [-0.05, 0) is 30.3 Å². The number of halogens is 2. The van der Waals surface area contributed by atoms with Gasteiger partial charge in [0.2, 0.25) is 0 Å². The number of nitrogens with zero attached hydrogens (tertiary/aromatic N) is 1. The summed E-state index contributed by atoms with van der Waals surface area (Å²) in [5.74, 6) is -2.85. The summed E-state index contributed by atoms with van der Waals surface area (Å²) >= 11 is 11.8. The summed E-state index contributed by atoms with van der Waals surface area (Å²) in [6.07, 6.45) is 0. The first-order valence-corrected chi connectivity index (χ1v) is 7.77. The van der Waals surface area contributed by atoms with Crippen LogP contribution in [-0.2, 0) is 9.59 Å². The highest BCUT2D eigenvalue weighted by atomic mass is 35.5. The number of carbonyl (C=O) groups excluding carboxylic acids is 3. The van der Waals surface area contributed by atoms with Crippen molar-refractivity contribution in [2.24, 2.45) is 0 Å². The van der Waals surface area contributed by atoms with Crippen LogP contribution in [0.3, 0.4) is 0 Å². The molecule has 0 unspecified atom stereocenters. The molecule has 2 aromatic carbocycles. The molecular formula is C17H9Cl2N2O4-.